The molecule has 0 saturated heterocycles. The van der Waals surface area contributed by atoms with Crippen molar-refractivity contribution in [1.82, 2.24) is 20.0 Å². The minimum Gasteiger partial charge on any atom is -0.365 e. The first kappa shape index (κ1) is 17.6. The van der Waals surface area contributed by atoms with Crippen LogP contribution in [0.5, 0.6) is 0 Å². The van der Waals surface area contributed by atoms with Crippen LogP contribution in [-0.2, 0) is 11.3 Å². The zero-order chi connectivity index (χ0) is 18.4. The number of rotatable bonds is 7. The molecule has 0 aliphatic carbocycles. The van der Waals surface area contributed by atoms with Gasteiger partial charge in [0, 0.05) is 24.8 Å². The summed E-state index contributed by atoms with van der Waals surface area (Å²) >= 11 is 0. The van der Waals surface area contributed by atoms with E-state index < -0.39 is 0 Å². The molecule has 1 aromatic carbocycles. The lowest BCUT2D eigenvalue weighted by Crippen LogP contribution is -2.11. The van der Waals surface area contributed by atoms with Crippen LogP contribution in [-0.4, -0.2) is 25.9 Å². The Morgan fingerprint density at radius 2 is 2.04 bits per heavy atom. The summed E-state index contributed by atoms with van der Waals surface area (Å²) < 4.78 is 1.69. The summed E-state index contributed by atoms with van der Waals surface area (Å²) in [5, 5.41) is 18.8. The van der Waals surface area contributed by atoms with Gasteiger partial charge in [-0.1, -0.05) is 19.1 Å². The van der Waals surface area contributed by atoms with Gasteiger partial charge in [0.1, 0.15) is 5.82 Å². The molecule has 26 heavy (non-hydrogen) atoms. The van der Waals surface area contributed by atoms with Gasteiger partial charge in [0.05, 0.1) is 5.69 Å². The summed E-state index contributed by atoms with van der Waals surface area (Å²) in [6.45, 7) is 4.50. The molecule has 2 N–H and O–H groups in total. The molecule has 0 spiro atoms. The average Bonchev–Trinajstić information content (AvgIpc) is 3.07. The van der Waals surface area contributed by atoms with Gasteiger partial charge in [-0.15, -0.1) is 10.2 Å². The Morgan fingerprint density at radius 3 is 2.73 bits per heavy atom. The highest BCUT2D eigenvalue weighted by molar-refractivity contribution is 5.90. The third-order valence-corrected chi connectivity index (χ3v) is 3.77. The molecule has 0 atom stereocenters. The Bertz CT molecular complexity index is 872. The molecule has 7 heteroatoms. The van der Waals surface area contributed by atoms with Crippen LogP contribution >= 0.6 is 0 Å². The van der Waals surface area contributed by atoms with Crippen LogP contribution in [0.4, 0.5) is 11.5 Å². The fourth-order valence-corrected chi connectivity index (χ4v) is 2.49. The number of carbonyl (C=O) groups excluding carboxylic acids is 1. The maximum atomic E-state index is 11.7. The van der Waals surface area contributed by atoms with Gasteiger partial charge < -0.3 is 10.6 Å². The smallest absolute Gasteiger partial charge is 0.224 e. The van der Waals surface area contributed by atoms with Crippen molar-refractivity contribution in [3.63, 3.8) is 0 Å². The van der Waals surface area contributed by atoms with E-state index in [-0.39, 0.29) is 5.91 Å². The lowest BCUT2D eigenvalue weighted by atomic mass is 10.2. The molecule has 3 rings (SSSR count). The van der Waals surface area contributed by atoms with Crippen molar-refractivity contribution in [1.29, 1.82) is 0 Å². The van der Waals surface area contributed by atoms with Crippen molar-refractivity contribution < 1.29 is 4.79 Å². The molecular weight excluding hydrogens is 328 g/mol. The Kier molecular flexibility index (Phi) is 5.58. The van der Waals surface area contributed by atoms with Crippen LogP contribution in [0.1, 0.15) is 31.0 Å². The number of aromatic nitrogens is 4. The molecular formula is C19H22N6O. The molecule has 0 bridgehead atoms. The Morgan fingerprint density at radius 1 is 1.15 bits per heavy atom. The third kappa shape index (κ3) is 4.66. The minimum atomic E-state index is 0.0351. The van der Waals surface area contributed by atoms with E-state index >= 15 is 0 Å². The fraction of sp³-hybridized carbons (Fsp3) is 0.263. The van der Waals surface area contributed by atoms with Gasteiger partial charge in [-0.25, -0.2) is 4.68 Å². The summed E-state index contributed by atoms with van der Waals surface area (Å²) in [6.07, 6.45) is 3.21. The highest BCUT2D eigenvalue weighted by atomic mass is 16.1. The summed E-state index contributed by atoms with van der Waals surface area (Å²) in [7, 11) is 0. The molecule has 7 nitrogen and oxygen atoms in total. The molecule has 0 radical (unpaired) electrons. The van der Waals surface area contributed by atoms with Gasteiger partial charge in [-0.2, -0.15) is 5.10 Å². The minimum absolute atomic E-state index is 0.0351. The van der Waals surface area contributed by atoms with Crippen molar-refractivity contribution in [3.8, 4) is 5.82 Å². The Labute approximate surface area is 152 Å². The van der Waals surface area contributed by atoms with Crippen molar-refractivity contribution in [2.24, 2.45) is 0 Å². The van der Waals surface area contributed by atoms with E-state index in [0.29, 0.717) is 24.6 Å². The van der Waals surface area contributed by atoms with Crippen LogP contribution in [0.3, 0.4) is 0 Å². The summed E-state index contributed by atoms with van der Waals surface area (Å²) in [5.41, 5.74) is 2.78. The number of amides is 1. The largest absolute Gasteiger partial charge is 0.365 e. The van der Waals surface area contributed by atoms with Gasteiger partial charge in [0.2, 0.25) is 5.91 Å². The highest BCUT2D eigenvalue weighted by Gasteiger charge is 2.04. The Hall–Kier alpha value is -3.22. The normalized spacial score (nSPS) is 10.5. The molecule has 2 aromatic heterocycles. The van der Waals surface area contributed by atoms with Gasteiger partial charge >= 0.3 is 0 Å². The lowest BCUT2D eigenvalue weighted by Gasteiger charge is -2.09. The van der Waals surface area contributed by atoms with Crippen LogP contribution in [0.25, 0.3) is 5.82 Å². The third-order valence-electron chi connectivity index (χ3n) is 3.77. The van der Waals surface area contributed by atoms with E-state index in [4.69, 9.17) is 0 Å². The van der Waals surface area contributed by atoms with Crippen molar-refractivity contribution in [2.45, 2.75) is 33.2 Å². The van der Waals surface area contributed by atoms with Crippen LogP contribution < -0.4 is 10.6 Å². The maximum absolute atomic E-state index is 11.7. The number of benzene rings is 1. The maximum Gasteiger partial charge on any atom is 0.224 e. The van der Waals surface area contributed by atoms with Crippen LogP contribution in [0.2, 0.25) is 0 Å². The predicted octanol–water partition coefficient (Wildman–Crippen LogP) is 3.32. The molecule has 134 valence electrons. The van der Waals surface area contributed by atoms with Gasteiger partial charge in [0.15, 0.2) is 5.82 Å². The number of carbonyl (C=O) groups is 1. The van der Waals surface area contributed by atoms with E-state index in [1.807, 2.05) is 62.5 Å². The number of anilines is 2. The molecule has 0 fully saturated rings. The average molecular weight is 350 g/mol. The van der Waals surface area contributed by atoms with E-state index in [1.54, 1.807) is 4.68 Å². The first-order chi connectivity index (χ1) is 12.6. The van der Waals surface area contributed by atoms with Crippen molar-refractivity contribution in [2.75, 3.05) is 10.6 Å². The molecule has 3 aromatic rings. The number of nitrogens with zero attached hydrogens (tertiary/aromatic N) is 4. The van der Waals surface area contributed by atoms with Crippen LogP contribution in [0, 0.1) is 6.92 Å². The number of nitrogens with one attached hydrogen (secondary N) is 2. The predicted molar refractivity (Wildman–Crippen MR) is 101 cm³/mol. The molecule has 0 saturated carbocycles. The monoisotopic (exact) mass is 350 g/mol. The second-order valence-corrected chi connectivity index (χ2v) is 6.03. The van der Waals surface area contributed by atoms with Crippen molar-refractivity contribution >= 4 is 17.4 Å². The first-order valence-corrected chi connectivity index (χ1v) is 8.63. The van der Waals surface area contributed by atoms with E-state index in [9.17, 15) is 4.79 Å². The summed E-state index contributed by atoms with van der Waals surface area (Å²) in [6, 6.07) is 13.4. The summed E-state index contributed by atoms with van der Waals surface area (Å²) in [4.78, 5) is 11.7. The number of hydrogen-bond acceptors (Lipinski definition) is 5. The molecule has 0 aliphatic rings. The van der Waals surface area contributed by atoms with E-state index in [2.05, 4.69) is 25.9 Å². The Balaban J connectivity index is 1.59. The van der Waals surface area contributed by atoms with Gasteiger partial charge in [-0.05, 0) is 49.2 Å². The van der Waals surface area contributed by atoms with Crippen LogP contribution in [0.15, 0.2) is 48.7 Å². The zero-order valence-electron chi connectivity index (χ0n) is 14.9. The number of aryl methyl sites for hydroxylation is 1. The fourth-order valence-electron chi connectivity index (χ4n) is 2.49. The van der Waals surface area contributed by atoms with Crippen molar-refractivity contribution in [3.05, 3.63) is 59.9 Å². The number of hydrogen-bond donors (Lipinski definition) is 2. The molecule has 2 heterocycles. The lowest BCUT2D eigenvalue weighted by molar-refractivity contribution is -0.116. The highest BCUT2D eigenvalue weighted by Crippen LogP contribution is 2.13. The topological polar surface area (TPSA) is 84.7 Å². The molecule has 0 unspecified atom stereocenters. The first-order valence-electron chi connectivity index (χ1n) is 8.63. The second-order valence-electron chi connectivity index (χ2n) is 6.03. The summed E-state index contributed by atoms with van der Waals surface area (Å²) in [5.74, 6) is 1.38. The SMILES string of the molecule is CCCC(=O)Nc1cccc(CNc2ccc(-n3ccc(C)n3)nn2)c1. The van der Waals surface area contributed by atoms with E-state index in [0.717, 1.165) is 23.4 Å². The van der Waals surface area contributed by atoms with Gasteiger partial charge in [-0.3, -0.25) is 4.79 Å². The molecule has 0 aliphatic heterocycles. The zero-order valence-corrected chi connectivity index (χ0v) is 14.9. The quantitative estimate of drug-likeness (QED) is 0.683. The van der Waals surface area contributed by atoms with E-state index in [1.165, 1.54) is 0 Å². The second kappa shape index (κ2) is 8.24. The van der Waals surface area contributed by atoms with Gasteiger partial charge in [0.25, 0.3) is 0 Å². The molecule has 1 amide bonds. The standard InChI is InChI=1S/C19H22N6O/c1-3-5-19(26)21-16-7-4-6-15(12-16)13-20-17-8-9-18(23-22-17)25-11-10-14(2)24-25/h4,6-12H,3,5,13H2,1-2H3,(H,20,22)(H,21,26).